The summed E-state index contributed by atoms with van der Waals surface area (Å²) < 4.78 is 52.6. The van der Waals surface area contributed by atoms with Crippen molar-refractivity contribution in [3.05, 3.63) is 35.1 Å². The van der Waals surface area contributed by atoms with Crippen LogP contribution in [0.5, 0.6) is 0 Å². The number of alkyl halides is 3. The minimum Gasteiger partial charge on any atom is -0.465 e. The van der Waals surface area contributed by atoms with Crippen molar-refractivity contribution in [2.45, 2.75) is 57.9 Å². The Kier molecular flexibility index (Phi) is 7.55. The summed E-state index contributed by atoms with van der Waals surface area (Å²) in [5.74, 6) is -1.01. The largest absolute Gasteiger partial charge is 0.465 e. The van der Waals surface area contributed by atoms with E-state index in [1.165, 1.54) is 13.1 Å². The fraction of sp³-hybridized carbons (Fsp3) is 0.652. The van der Waals surface area contributed by atoms with E-state index in [9.17, 15) is 32.3 Å². The van der Waals surface area contributed by atoms with E-state index in [-0.39, 0.29) is 30.3 Å². The van der Waals surface area contributed by atoms with Gasteiger partial charge in [-0.15, -0.1) is 0 Å². The van der Waals surface area contributed by atoms with Gasteiger partial charge in [-0.3, -0.25) is 14.6 Å². The number of likely N-dealkylation sites (N-methyl/N-ethyl adjacent to an activating group) is 1. The van der Waals surface area contributed by atoms with Gasteiger partial charge in [-0.25, -0.2) is 9.18 Å². The first-order chi connectivity index (χ1) is 15.4. The predicted molar refractivity (Wildman–Crippen MR) is 114 cm³/mol. The molecular formula is C23H31F4N3O3. The molecule has 0 bridgehead atoms. The van der Waals surface area contributed by atoms with Crippen LogP contribution >= 0.6 is 0 Å². The van der Waals surface area contributed by atoms with Crippen LogP contribution in [0.4, 0.5) is 22.4 Å². The van der Waals surface area contributed by atoms with Crippen molar-refractivity contribution in [3.63, 3.8) is 0 Å². The molecule has 0 radical (unpaired) electrons. The second-order valence-corrected chi connectivity index (χ2v) is 9.66. The molecule has 2 N–H and O–H groups in total. The molecule has 184 valence electrons. The number of fused-ring (bicyclic) bond motifs is 1. The van der Waals surface area contributed by atoms with Gasteiger partial charge >= 0.3 is 12.3 Å². The van der Waals surface area contributed by atoms with Crippen molar-refractivity contribution in [1.29, 1.82) is 0 Å². The molecule has 1 aromatic carbocycles. The molecule has 1 aliphatic heterocycles. The van der Waals surface area contributed by atoms with Gasteiger partial charge in [-0.05, 0) is 54.7 Å². The fourth-order valence-electron chi connectivity index (χ4n) is 5.11. The van der Waals surface area contributed by atoms with Crippen LogP contribution in [0.25, 0.3) is 0 Å². The van der Waals surface area contributed by atoms with Gasteiger partial charge in [-0.1, -0.05) is 19.9 Å². The van der Waals surface area contributed by atoms with Crippen molar-refractivity contribution in [2.24, 2.45) is 17.8 Å². The van der Waals surface area contributed by atoms with Crippen LogP contribution in [0.2, 0.25) is 0 Å². The number of halogens is 4. The molecule has 1 saturated carbocycles. The molecule has 10 heteroatoms. The van der Waals surface area contributed by atoms with Crippen molar-refractivity contribution >= 4 is 12.0 Å². The average molecular weight is 474 g/mol. The van der Waals surface area contributed by atoms with Crippen LogP contribution in [-0.4, -0.2) is 59.1 Å². The number of carboxylic acid groups (broad SMARTS) is 1. The first-order valence-corrected chi connectivity index (χ1v) is 11.2. The molecule has 0 spiro atoms. The zero-order valence-corrected chi connectivity index (χ0v) is 19.0. The lowest BCUT2D eigenvalue weighted by molar-refractivity contribution is -0.140. The van der Waals surface area contributed by atoms with E-state index in [1.807, 2.05) is 18.7 Å². The van der Waals surface area contributed by atoms with Crippen molar-refractivity contribution in [1.82, 2.24) is 15.1 Å². The lowest BCUT2D eigenvalue weighted by atomic mass is 9.96. The van der Waals surface area contributed by atoms with Crippen molar-refractivity contribution < 1.29 is 32.3 Å². The van der Waals surface area contributed by atoms with E-state index in [0.717, 1.165) is 29.9 Å². The highest BCUT2D eigenvalue weighted by atomic mass is 19.4. The number of carbonyl (C=O) groups is 2. The number of benzene rings is 1. The number of likely N-dealkylation sites (tertiary alicyclic amines) is 1. The molecular weight excluding hydrogens is 442 g/mol. The summed E-state index contributed by atoms with van der Waals surface area (Å²) in [6, 6.07) is 2.20. The van der Waals surface area contributed by atoms with Crippen molar-refractivity contribution in [3.8, 4) is 0 Å². The van der Waals surface area contributed by atoms with Crippen LogP contribution in [0.1, 0.15) is 44.2 Å². The van der Waals surface area contributed by atoms with Gasteiger partial charge in [0.2, 0.25) is 5.91 Å². The van der Waals surface area contributed by atoms with Gasteiger partial charge < -0.3 is 10.4 Å². The molecule has 4 atom stereocenters. The topological polar surface area (TPSA) is 72.9 Å². The van der Waals surface area contributed by atoms with Crippen LogP contribution in [0, 0.1) is 23.6 Å². The minimum atomic E-state index is -4.74. The Balaban J connectivity index is 1.64. The number of rotatable bonds is 7. The maximum absolute atomic E-state index is 13.6. The Morgan fingerprint density at radius 1 is 1.24 bits per heavy atom. The lowest BCUT2D eigenvalue weighted by Gasteiger charge is -2.29. The molecule has 2 aliphatic rings. The third-order valence-corrected chi connectivity index (χ3v) is 6.77. The summed E-state index contributed by atoms with van der Waals surface area (Å²) in [6.07, 6.45) is -3.83. The summed E-state index contributed by atoms with van der Waals surface area (Å²) in [7, 11) is 1.39. The highest BCUT2D eigenvalue weighted by Gasteiger charge is 2.44. The summed E-state index contributed by atoms with van der Waals surface area (Å²) in [5.41, 5.74) is -0.868. The summed E-state index contributed by atoms with van der Waals surface area (Å²) in [4.78, 5) is 27.4. The molecule has 1 aromatic rings. The Morgan fingerprint density at radius 2 is 1.94 bits per heavy atom. The van der Waals surface area contributed by atoms with Gasteiger partial charge in [0.1, 0.15) is 11.9 Å². The van der Waals surface area contributed by atoms with E-state index in [2.05, 4.69) is 5.32 Å². The highest BCUT2D eigenvalue weighted by Crippen LogP contribution is 2.39. The van der Waals surface area contributed by atoms with Crippen molar-refractivity contribution in [2.75, 3.05) is 20.1 Å². The Bertz CT molecular complexity index is 877. The predicted octanol–water partition coefficient (Wildman–Crippen LogP) is 4.20. The first-order valence-electron chi connectivity index (χ1n) is 11.2. The Morgan fingerprint density at radius 3 is 2.55 bits per heavy atom. The second kappa shape index (κ2) is 9.87. The molecule has 6 nitrogen and oxygen atoms in total. The number of amides is 2. The SMILES string of the molecule is CC(C)C[C@@H](C(=O)N[C@@H]1CC[C@H]2CN(Cc3ccc(F)c(C(F)(F)F)c3)C[C@H]21)N(C)C(=O)O. The number of hydrogen-bond acceptors (Lipinski definition) is 3. The Hall–Kier alpha value is -2.36. The van der Waals surface area contributed by atoms with Crippen LogP contribution in [0.15, 0.2) is 18.2 Å². The summed E-state index contributed by atoms with van der Waals surface area (Å²) >= 11 is 0. The van der Waals surface area contributed by atoms with Crippen LogP contribution in [-0.2, 0) is 17.5 Å². The third-order valence-electron chi connectivity index (χ3n) is 6.77. The van der Waals surface area contributed by atoms with Crippen LogP contribution in [0.3, 0.4) is 0 Å². The Labute approximate surface area is 190 Å². The van der Waals surface area contributed by atoms with E-state index in [0.29, 0.717) is 31.0 Å². The quantitative estimate of drug-likeness (QED) is 0.583. The number of hydrogen-bond donors (Lipinski definition) is 2. The van der Waals surface area contributed by atoms with E-state index >= 15 is 0 Å². The van der Waals surface area contributed by atoms with Gasteiger partial charge in [-0.2, -0.15) is 13.2 Å². The third kappa shape index (κ3) is 5.96. The zero-order valence-electron chi connectivity index (χ0n) is 19.0. The fourth-order valence-corrected chi connectivity index (χ4v) is 5.11. The molecule has 3 rings (SSSR count). The maximum atomic E-state index is 13.6. The molecule has 1 aliphatic carbocycles. The minimum absolute atomic E-state index is 0.108. The lowest BCUT2D eigenvalue weighted by Crippen LogP contribution is -2.51. The normalized spacial score (nSPS) is 24.1. The molecule has 1 heterocycles. The maximum Gasteiger partial charge on any atom is 0.419 e. The van der Waals surface area contributed by atoms with E-state index < -0.39 is 29.7 Å². The van der Waals surface area contributed by atoms with E-state index in [4.69, 9.17) is 0 Å². The smallest absolute Gasteiger partial charge is 0.419 e. The summed E-state index contributed by atoms with van der Waals surface area (Å²) in [5, 5.41) is 12.4. The number of nitrogens with zero attached hydrogens (tertiary/aromatic N) is 2. The molecule has 2 amide bonds. The van der Waals surface area contributed by atoms with Gasteiger partial charge in [0.15, 0.2) is 0 Å². The standard InChI is InChI=1S/C23H31F4N3O3/c1-13(2)8-20(29(3)22(32)33)21(31)28-19-7-5-15-11-30(12-16(15)19)10-14-4-6-18(24)17(9-14)23(25,26)27/h4,6,9,13,15-16,19-20H,5,7-8,10-12H2,1-3H3,(H,28,31)(H,32,33)/t15-,16+,19+,20-/m0/s1. The molecule has 33 heavy (non-hydrogen) atoms. The average Bonchev–Trinajstić information content (AvgIpc) is 3.27. The van der Waals surface area contributed by atoms with Gasteiger partial charge in [0, 0.05) is 32.7 Å². The highest BCUT2D eigenvalue weighted by molar-refractivity contribution is 5.85. The molecule has 0 unspecified atom stereocenters. The van der Waals surface area contributed by atoms with E-state index in [1.54, 1.807) is 0 Å². The zero-order chi connectivity index (χ0) is 24.5. The molecule has 1 saturated heterocycles. The monoisotopic (exact) mass is 473 g/mol. The van der Waals surface area contributed by atoms with Gasteiger partial charge in [0.25, 0.3) is 0 Å². The second-order valence-electron chi connectivity index (χ2n) is 9.66. The van der Waals surface area contributed by atoms with Crippen LogP contribution < -0.4 is 5.32 Å². The van der Waals surface area contributed by atoms with Gasteiger partial charge in [0.05, 0.1) is 5.56 Å². The number of nitrogens with one attached hydrogen (secondary N) is 1. The molecule has 0 aromatic heterocycles. The number of carbonyl (C=O) groups excluding carboxylic acids is 1. The molecule has 2 fully saturated rings. The first kappa shape index (κ1) is 25.3. The summed E-state index contributed by atoms with van der Waals surface area (Å²) in [6.45, 7) is 5.43.